The molecule has 1 aliphatic rings. The lowest BCUT2D eigenvalue weighted by Gasteiger charge is -2.24. The maximum absolute atomic E-state index is 12.6. The average Bonchev–Trinajstić information content (AvgIpc) is 2.98. The topological polar surface area (TPSA) is 100 Å². The van der Waals surface area contributed by atoms with Crippen molar-refractivity contribution in [1.29, 1.82) is 0 Å². The normalized spacial score (nSPS) is 15.5. The molecule has 10 heteroatoms. The van der Waals surface area contributed by atoms with E-state index < -0.39 is 6.04 Å². The minimum Gasteiger partial charge on any atom is -0.497 e. The SMILES string of the molecule is COc1ccc(CC(=O)NN2C(=S)N(C)C(=O)C2CC(=O)Nc2ccc(OC)cc2)cc1. The van der Waals surface area contributed by atoms with Gasteiger partial charge in [0.05, 0.1) is 27.1 Å². The molecule has 1 fully saturated rings. The van der Waals surface area contributed by atoms with Crippen molar-refractivity contribution in [3.8, 4) is 11.5 Å². The predicted octanol–water partition coefficient (Wildman–Crippen LogP) is 1.73. The third-order valence-corrected chi connectivity index (χ3v) is 5.41. The van der Waals surface area contributed by atoms with Gasteiger partial charge in [0.2, 0.25) is 11.8 Å². The molecule has 0 spiro atoms. The number of hydrazine groups is 1. The van der Waals surface area contributed by atoms with Crippen molar-refractivity contribution in [2.45, 2.75) is 18.9 Å². The van der Waals surface area contributed by atoms with Gasteiger partial charge in [0, 0.05) is 12.7 Å². The summed E-state index contributed by atoms with van der Waals surface area (Å²) < 4.78 is 10.2. The zero-order chi connectivity index (χ0) is 23.3. The molecule has 1 atom stereocenters. The Morgan fingerprint density at radius 3 is 2.09 bits per heavy atom. The van der Waals surface area contributed by atoms with Crippen LogP contribution < -0.4 is 20.2 Å². The molecule has 1 unspecified atom stereocenters. The zero-order valence-corrected chi connectivity index (χ0v) is 18.8. The summed E-state index contributed by atoms with van der Waals surface area (Å²) in [5.74, 6) is 0.226. The Morgan fingerprint density at radius 1 is 0.969 bits per heavy atom. The van der Waals surface area contributed by atoms with Gasteiger partial charge in [-0.1, -0.05) is 12.1 Å². The van der Waals surface area contributed by atoms with Gasteiger partial charge in [-0.3, -0.25) is 24.7 Å². The van der Waals surface area contributed by atoms with Crippen LogP contribution in [-0.4, -0.2) is 60.1 Å². The molecule has 1 saturated heterocycles. The second kappa shape index (κ2) is 10.1. The molecule has 0 bridgehead atoms. The van der Waals surface area contributed by atoms with Crippen LogP contribution in [0.25, 0.3) is 0 Å². The summed E-state index contributed by atoms with van der Waals surface area (Å²) in [6, 6.07) is 12.9. The number of rotatable bonds is 8. The highest BCUT2D eigenvalue weighted by atomic mass is 32.1. The average molecular weight is 457 g/mol. The van der Waals surface area contributed by atoms with E-state index in [-0.39, 0.29) is 35.7 Å². The van der Waals surface area contributed by atoms with Crippen molar-refractivity contribution in [3.05, 3.63) is 54.1 Å². The third-order valence-electron chi connectivity index (χ3n) is 4.94. The third kappa shape index (κ3) is 5.33. The van der Waals surface area contributed by atoms with Crippen LogP contribution in [-0.2, 0) is 20.8 Å². The van der Waals surface area contributed by atoms with Crippen molar-refractivity contribution in [2.24, 2.45) is 0 Å². The minimum atomic E-state index is -0.939. The van der Waals surface area contributed by atoms with E-state index in [2.05, 4.69) is 10.7 Å². The molecule has 0 aromatic heterocycles. The lowest BCUT2D eigenvalue weighted by atomic mass is 10.1. The van der Waals surface area contributed by atoms with E-state index in [0.29, 0.717) is 17.2 Å². The molecule has 1 heterocycles. The van der Waals surface area contributed by atoms with Crippen molar-refractivity contribution in [3.63, 3.8) is 0 Å². The van der Waals surface area contributed by atoms with Gasteiger partial charge in [-0.05, 0) is 54.2 Å². The smallest absolute Gasteiger partial charge is 0.253 e. The van der Waals surface area contributed by atoms with Crippen molar-refractivity contribution in [1.82, 2.24) is 15.3 Å². The van der Waals surface area contributed by atoms with Crippen LogP contribution in [0.15, 0.2) is 48.5 Å². The number of benzene rings is 2. The Balaban J connectivity index is 1.64. The first-order valence-corrected chi connectivity index (χ1v) is 10.2. The van der Waals surface area contributed by atoms with Gasteiger partial charge in [-0.15, -0.1) is 0 Å². The first-order valence-electron chi connectivity index (χ1n) is 9.79. The van der Waals surface area contributed by atoms with Gasteiger partial charge in [0.1, 0.15) is 17.5 Å². The number of hydrogen-bond acceptors (Lipinski definition) is 6. The van der Waals surface area contributed by atoms with Crippen molar-refractivity contribution >= 4 is 40.7 Å². The molecule has 1 aliphatic heterocycles. The molecule has 9 nitrogen and oxygen atoms in total. The summed E-state index contributed by atoms with van der Waals surface area (Å²) in [6.45, 7) is 0. The minimum absolute atomic E-state index is 0.0752. The van der Waals surface area contributed by atoms with Gasteiger partial charge in [0.25, 0.3) is 5.91 Å². The van der Waals surface area contributed by atoms with E-state index in [1.54, 1.807) is 62.8 Å². The Labute approximate surface area is 191 Å². The molecule has 2 aromatic rings. The first kappa shape index (κ1) is 23.0. The number of carbonyl (C=O) groups excluding carboxylic acids is 3. The van der Waals surface area contributed by atoms with E-state index in [0.717, 1.165) is 5.56 Å². The highest BCUT2D eigenvalue weighted by Crippen LogP contribution is 2.20. The highest BCUT2D eigenvalue weighted by molar-refractivity contribution is 7.80. The molecule has 2 N–H and O–H groups in total. The van der Waals surface area contributed by atoms with Crippen LogP contribution in [0, 0.1) is 0 Å². The Bertz CT molecular complexity index is 928. The van der Waals surface area contributed by atoms with Crippen LogP contribution in [0.3, 0.4) is 0 Å². The number of nitrogens with zero attached hydrogens (tertiary/aromatic N) is 2. The largest absolute Gasteiger partial charge is 0.497 e. The number of hydrogen-bond donors (Lipinski definition) is 2. The second-order valence-electron chi connectivity index (χ2n) is 7.11. The molecular weight excluding hydrogens is 432 g/mol. The molecule has 0 saturated carbocycles. The van der Waals surface area contributed by atoms with Crippen LogP contribution >= 0.6 is 12.2 Å². The molecule has 32 heavy (non-hydrogen) atoms. The van der Waals surface area contributed by atoms with E-state index in [1.165, 1.54) is 17.0 Å². The van der Waals surface area contributed by atoms with Crippen LogP contribution in [0.4, 0.5) is 5.69 Å². The maximum atomic E-state index is 12.6. The Hall–Kier alpha value is -3.66. The molecule has 3 rings (SSSR count). The van der Waals surface area contributed by atoms with Crippen LogP contribution in [0.2, 0.25) is 0 Å². The summed E-state index contributed by atoms with van der Waals surface area (Å²) >= 11 is 5.30. The number of nitrogens with one attached hydrogen (secondary N) is 2. The van der Waals surface area contributed by atoms with Crippen molar-refractivity contribution < 1.29 is 23.9 Å². The monoisotopic (exact) mass is 456 g/mol. The first-order chi connectivity index (χ1) is 15.3. The predicted molar refractivity (Wildman–Crippen MR) is 122 cm³/mol. The number of likely N-dealkylation sites (N-methyl/N-ethyl adjacent to an activating group) is 1. The van der Waals surface area contributed by atoms with Crippen LogP contribution in [0.1, 0.15) is 12.0 Å². The maximum Gasteiger partial charge on any atom is 0.253 e. The lowest BCUT2D eigenvalue weighted by Crippen LogP contribution is -2.50. The number of thiocarbonyl (C=S) groups is 1. The molecule has 168 valence electrons. The fraction of sp³-hybridized carbons (Fsp3) is 0.273. The molecule has 2 aromatic carbocycles. The fourth-order valence-electron chi connectivity index (χ4n) is 3.19. The summed E-state index contributed by atoms with van der Waals surface area (Å²) in [4.78, 5) is 39.0. The number of methoxy groups -OCH3 is 2. The summed E-state index contributed by atoms with van der Waals surface area (Å²) in [6.07, 6.45) is -0.107. The second-order valence-corrected chi connectivity index (χ2v) is 7.47. The molecule has 0 aliphatic carbocycles. The van der Waals surface area contributed by atoms with Gasteiger partial charge in [0.15, 0.2) is 5.11 Å². The van der Waals surface area contributed by atoms with Crippen molar-refractivity contribution in [2.75, 3.05) is 26.6 Å². The van der Waals surface area contributed by atoms with Gasteiger partial charge in [-0.25, -0.2) is 5.01 Å². The van der Waals surface area contributed by atoms with E-state index >= 15 is 0 Å². The standard InChI is InChI=1S/C22H24N4O5S/c1-25-21(29)18(13-19(27)23-15-6-10-17(31-3)11-7-15)26(22(25)32)24-20(28)12-14-4-8-16(30-2)9-5-14/h4-11,18H,12-13H2,1-3H3,(H,23,27)(H,24,28). The number of amides is 3. The summed E-state index contributed by atoms with van der Waals surface area (Å²) in [5, 5.41) is 4.14. The number of carbonyl (C=O) groups is 3. The Kier molecular flexibility index (Phi) is 7.26. The van der Waals surface area contributed by atoms with Crippen LogP contribution in [0.5, 0.6) is 11.5 Å². The Morgan fingerprint density at radius 2 is 1.53 bits per heavy atom. The fourth-order valence-corrected chi connectivity index (χ4v) is 3.45. The number of ether oxygens (including phenoxy) is 2. The lowest BCUT2D eigenvalue weighted by molar-refractivity contribution is -0.132. The van der Waals surface area contributed by atoms with E-state index in [9.17, 15) is 14.4 Å². The summed E-state index contributed by atoms with van der Waals surface area (Å²) in [7, 11) is 4.62. The number of anilines is 1. The molecular formula is C22H24N4O5S. The van der Waals surface area contributed by atoms with Gasteiger partial charge < -0.3 is 14.8 Å². The zero-order valence-electron chi connectivity index (χ0n) is 18.0. The molecule has 0 radical (unpaired) electrons. The summed E-state index contributed by atoms with van der Waals surface area (Å²) in [5.41, 5.74) is 3.99. The molecule has 3 amide bonds. The van der Waals surface area contributed by atoms with Gasteiger partial charge in [-0.2, -0.15) is 0 Å². The quantitative estimate of drug-likeness (QED) is 0.584. The van der Waals surface area contributed by atoms with E-state index in [4.69, 9.17) is 21.7 Å². The van der Waals surface area contributed by atoms with Gasteiger partial charge >= 0.3 is 0 Å². The van der Waals surface area contributed by atoms with E-state index in [1.807, 2.05) is 0 Å². The highest BCUT2D eigenvalue weighted by Gasteiger charge is 2.42.